The summed E-state index contributed by atoms with van der Waals surface area (Å²) in [7, 11) is 0. The van der Waals surface area contributed by atoms with E-state index in [1.54, 1.807) is 24.3 Å². The topological polar surface area (TPSA) is 95.1 Å². The summed E-state index contributed by atoms with van der Waals surface area (Å²) in [5.41, 5.74) is 3.47. The number of hydrogen-bond donors (Lipinski definition) is 2. The predicted molar refractivity (Wildman–Crippen MR) is 110 cm³/mol. The van der Waals surface area contributed by atoms with Crippen LogP contribution < -0.4 is 10.6 Å². The van der Waals surface area contributed by atoms with Gasteiger partial charge in [0, 0.05) is 11.4 Å². The van der Waals surface area contributed by atoms with Crippen molar-refractivity contribution in [1.29, 1.82) is 0 Å². The molecule has 30 heavy (non-hydrogen) atoms. The second-order valence-electron chi connectivity index (χ2n) is 7.47. The molecule has 2 N–H and O–H groups in total. The van der Waals surface area contributed by atoms with E-state index >= 15 is 0 Å². The third-order valence-corrected chi connectivity index (χ3v) is 5.08. The molecule has 0 radical (unpaired) electrons. The van der Waals surface area contributed by atoms with E-state index in [0.29, 0.717) is 11.4 Å². The number of hydrogen-bond acceptors (Lipinski definition) is 6. The lowest BCUT2D eigenvalue weighted by Crippen LogP contribution is -2.37. The maximum absolute atomic E-state index is 12.2. The minimum Gasteiger partial charge on any atom is -0.441 e. The van der Waals surface area contributed by atoms with Gasteiger partial charge in [0.25, 0.3) is 0 Å². The Labute approximate surface area is 174 Å². The summed E-state index contributed by atoms with van der Waals surface area (Å²) in [5.74, 6) is 0. The highest BCUT2D eigenvalue weighted by molar-refractivity contribution is 5.85. The second kappa shape index (κ2) is 8.73. The number of carbonyl (C=O) groups excluding carboxylic acids is 2. The smallest absolute Gasteiger partial charge is 0.412 e. The molecule has 2 fully saturated rings. The van der Waals surface area contributed by atoms with E-state index in [-0.39, 0.29) is 13.2 Å². The molecule has 4 atom stereocenters. The predicted octanol–water partition coefficient (Wildman–Crippen LogP) is 3.64. The summed E-state index contributed by atoms with van der Waals surface area (Å²) in [5, 5.41) is 5.37. The first kappa shape index (κ1) is 20.2. The minimum atomic E-state index is -0.585. The number of carbonyl (C=O) groups is 2. The van der Waals surface area contributed by atoms with Crippen molar-refractivity contribution in [3.05, 3.63) is 59.7 Å². The summed E-state index contributed by atoms with van der Waals surface area (Å²) in [4.78, 5) is 24.4. The molecule has 2 aliphatic rings. The van der Waals surface area contributed by atoms with Crippen LogP contribution in [0.15, 0.2) is 48.5 Å². The summed E-state index contributed by atoms with van der Waals surface area (Å²) in [6.45, 7) is 4.29. The molecular formula is C22H24N2O6. The number of anilines is 2. The summed E-state index contributed by atoms with van der Waals surface area (Å²) in [6, 6.07) is 14.8. The van der Waals surface area contributed by atoms with Gasteiger partial charge in [0.05, 0.1) is 13.2 Å². The summed E-state index contributed by atoms with van der Waals surface area (Å²) >= 11 is 0. The Kier molecular flexibility index (Phi) is 5.87. The Balaban J connectivity index is 1.27. The Morgan fingerprint density at radius 1 is 0.733 bits per heavy atom. The van der Waals surface area contributed by atoms with Gasteiger partial charge >= 0.3 is 12.2 Å². The Morgan fingerprint density at radius 3 is 1.47 bits per heavy atom. The van der Waals surface area contributed by atoms with Crippen LogP contribution in [0.3, 0.4) is 0 Å². The van der Waals surface area contributed by atoms with Gasteiger partial charge < -0.3 is 18.9 Å². The quantitative estimate of drug-likeness (QED) is 0.796. The van der Waals surface area contributed by atoms with Gasteiger partial charge in [0.2, 0.25) is 0 Å². The van der Waals surface area contributed by atoms with E-state index < -0.39 is 36.6 Å². The fourth-order valence-corrected chi connectivity index (χ4v) is 3.47. The van der Waals surface area contributed by atoms with Gasteiger partial charge in [-0.05, 0) is 38.1 Å². The highest BCUT2D eigenvalue weighted by Crippen LogP contribution is 2.31. The lowest BCUT2D eigenvalue weighted by Gasteiger charge is -2.17. The van der Waals surface area contributed by atoms with Crippen molar-refractivity contribution in [3.63, 3.8) is 0 Å². The number of benzene rings is 2. The molecule has 0 saturated carbocycles. The van der Waals surface area contributed by atoms with Gasteiger partial charge in [-0.15, -0.1) is 0 Å². The molecule has 4 unspecified atom stereocenters. The van der Waals surface area contributed by atoms with Crippen LogP contribution in [0.5, 0.6) is 0 Å². The standard InChI is InChI=1S/C22H24N2O6/c1-13-3-7-15(8-4-13)23-21(25)29-17-11-27-20-18(12-28-19(17)20)30-22(26)24-16-9-5-14(2)6-10-16/h3-10,17-20H,11-12H2,1-2H3,(H,23,25)(H,24,26). The number of amides is 2. The van der Waals surface area contributed by atoms with Gasteiger partial charge in [0.15, 0.2) is 12.2 Å². The van der Waals surface area contributed by atoms with Crippen LogP contribution in [0.4, 0.5) is 21.0 Å². The molecule has 158 valence electrons. The first-order valence-corrected chi connectivity index (χ1v) is 9.80. The van der Waals surface area contributed by atoms with Crippen LogP contribution in [0.2, 0.25) is 0 Å². The van der Waals surface area contributed by atoms with E-state index in [4.69, 9.17) is 18.9 Å². The highest BCUT2D eigenvalue weighted by atomic mass is 16.7. The van der Waals surface area contributed by atoms with Gasteiger partial charge in [-0.25, -0.2) is 9.59 Å². The van der Waals surface area contributed by atoms with E-state index in [9.17, 15) is 9.59 Å². The van der Waals surface area contributed by atoms with Crippen LogP contribution in [-0.4, -0.2) is 49.8 Å². The zero-order valence-corrected chi connectivity index (χ0v) is 16.8. The lowest BCUT2D eigenvalue weighted by atomic mass is 10.1. The normalized spacial score (nSPS) is 24.7. The van der Waals surface area contributed by atoms with Crippen LogP contribution in [0.1, 0.15) is 11.1 Å². The SMILES string of the molecule is Cc1ccc(NC(=O)OC2COC3C(OC(=O)Nc4ccc(C)cc4)COC23)cc1. The van der Waals surface area contributed by atoms with Crippen LogP contribution >= 0.6 is 0 Å². The maximum atomic E-state index is 12.2. The largest absolute Gasteiger partial charge is 0.441 e. The van der Waals surface area contributed by atoms with E-state index in [1.807, 2.05) is 38.1 Å². The van der Waals surface area contributed by atoms with Crippen molar-refractivity contribution in [2.24, 2.45) is 0 Å². The van der Waals surface area contributed by atoms with Gasteiger partial charge in [-0.2, -0.15) is 0 Å². The van der Waals surface area contributed by atoms with Crippen LogP contribution in [0, 0.1) is 13.8 Å². The fourth-order valence-electron chi connectivity index (χ4n) is 3.47. The van der Waals surface area contributed by atoms with Crippen LogP contribution in [0.25, 0.3) is 0 Å². The summed E-state index contributed by atoms with van der Waals surface area (Å²) < 4.78 is 22.3. The average molecular weight is 412 g/mol. The number of aryl methyl sites for hydroxylation is 2. The lowest BCUT2D eigenvalue weighted by molar-refractivity contribution is -0.00697. The average Bonchev–Trinajstić information content (AvgIpc) is 3.29. The molecular weight excluding hydrogens is 388 g/mol. The van der Waals surface area contributed by atoms with Crippen molar-refractivity contribution >= 4 is 23.6 Å². The molecule has 8 heteroatoms. The third kappa shape index (κ3) is 4.72. The molecule has 2 heterocycles. The Hall–Kier alpha value is -3.10. The molecule has 2 aliphatic heterocycles. The molecule has 8 nitrogen and oxygen atoms in total. The molecule has 4 rings (SSSR count). The van der Waals surface area contributed by atoms with E-state index in [1.165, 1.54) is 0 Å². The zero-order chi connectivity index (χ0) is 21.1. The van der Waals surface area contributed by atoms with Crippen molar-refractivity contribution in [2.45, 2.75) is 38.3 Å². The molecule has 2 aromatic rings. The number of rotatable bonds is 4. The van der Waals surface area contributed by atoms with Crippen molar-refractivity contribution in [3.8, 4) is 0 Å². The first-order valence-electron chi connectivity index (χ1n) is 9.80. The molecule has 0 aliphatic carbocycles. The number of ether oxygens (including phenoxy) is 4. The molecule has 2 aromatic carbocycles. The van der Waals surface area contributed by atoms with Gasteiger partial charge in [-0.3, -0.25) is 10.6 Å². The molecule has 0 spiro atoms. The van der Waals surface area contributed by atoms with Crippen LogP contribution in [-0.2, 0) is 18.9 Å². The van der Waals surface area contributed by atoms with E-state index in [2.05, 4.69) is 10.6 Å². The molecule has 0 aromatic heterocycles. The molecule has 0 bridgehead atoms. The Bertz CT molecular complexity index is 823. The maximum Gasteiger partial charge on any atom is 0.412 e. The van der Waals surface area contributed by atoms with Crippen molar-refractivity contribution in [2.75, 3.05) is 23.8 Å². The van der Waals surface area contributed by atoms with Crippen molar-refractivity contribution < 1.29 is 28.5 Å². The fraction of sp³-hybridized carbons (Fsp3) is 0.364. The Morgan fingerprint density at radius 2 is 1.10 bits per heavy atom. The summed E-state index contributed by atoms with van der Waals surface area (Å²) in [6.07, 6.45) is -3.28. The van der Waals surface area contributed by atoms with Gasteiger partial charge in [0.1, 0.15) is 12.2 Å². The second-order valence-corrected chi connectivity index (χ2v) is 7.47. The van der Waals surface area contributed by atoms with Crippen molar-refractivity contribution in [1.82, 2.24) is 0 Å². The molecule has 2 amide bonds. The zero-order valence-electron chi connectivity index (χ0n) is 16.8. The first-order chi connectivity index (χ1) is 14.5. The van der Waals surface area contributed by atoms with E-state index in [0.717, 1.165) is 11.1 Å². The van der Waals surface area contributed by atoms with Gasteiger partial charge in [-0.1, -0.05) is 35.4 Å². The monoisotopic (exact) mass is 412 g/mol. The third-order valence-electron chi connectivity index (χ3n) is 5.08. The number of nitrogens with one attached hydrogen (secondary N) is 2. The number of fused-ring (bicyclic) bond motifs is 1. The minimum absolute atomic E-state index is 0.177. The highest BCUT2D eigenvalue weighted by Gasteiger charge is 2.51. The molecule has 2 saturated heterocycles.